The summed E-state index contributed by atoms with van der Waals surface area (Å²) in [6.07, 6.45) is 6.59. The van der Waals surface area contributed by atoms with Crippen molar-refractivity contribution >= 4 is 17.8 Å². The fourth-order valence-electron chi connectivity index (χ4n) is 8.16. The van der Waals surface area contributed by atoms with E-state index in [9.17, 15) is 9.59 Å². The average molecular weight is 800 g/mol. The van der Waals surface area contributed by atoms with Gasteiger partial charge in [0, 0.05) is 13.1 Å². The minimum Gasteiger partial charge on any atom is -0.426 e. The van der Waals surface area contributed by atoms with Gasteiger partial charge >= 0.3 is 0 Å². The number of nitrogens with one attached hydrogen (secondary N) is 3. The zero-order valence-electron chi connectivity index (χ0n) is 34.0. The Hall–Kier alpha value is -5.83. The number of likely N-dealkylation sites (tertiary alicyclic amines) is 2. The highest BCUT2D eigenvalue weighted by molar-refractivity contribution is 5.86. The number of aliphatic imine (C=N–C) groups is 1. The van der Waals surface area contributed by atoms with Crippen LogP contribution in [0.1, 0.15) is 77.1 Å². The number of nitrogens with two attached hydrogens (primary N) is 1. The molecular weight excluding hydrogens is 747 g/mol. The molecule has 308 valence electrons. The Morgan fingerprint density at radius 2 is 1.25 bits per heavy atom. The van der Waals surface area contributed by atoms with Gasteiger partial charge in [-0.2, -0.15) is 0 Å². The van der Waals surface area contributed by atoms with Crippen molar-refractivity contribution in [3.05, 3.63) is 103 Å². The minimum atomic E-state index is -0.679. The lowest BCUT2D eigenvalue weighted by Gasteiger charge is -2.35. The molecule has 3 aliphatic heterocycles. The zero-order chi connectivity index (χ0) is 41.0. The molecular formula is C45H53N9O5. The van der Waals surface area contributed by atoms with Crippen molar-refractivity contribution < 1.29 is 23.8 Å². The van der Waals surface area contributed by atoms with E-state index in [1.54, 1.807) is 12.1 Å². The van der Waals surface area contributed by atoms with Gasteiger partial charge < -0.3 is 39.7 Å². The molecule has 0 radical (unpaired) electrons. The highest BCUT2D eigenvalue weighted by Crippen LogP contribution is 2.35. The maximum absolute atomic E-state index is 13.9. The molecule has 59 heavy (non-hydrogen) atoms. The second-order valence-corrected chi connectivity index (χ2v) is 16.1. The van der Waals surface area contributed by atoms with E-state index in [1.165, 1.54) is 0 Å². The predicted molar refractivity (Wildman–Crippen MR) is 224 cm³/mol. The van der Waals surface area contributed by atoms with Crippen LogP contribution in [-0.2, 0) is 19.1 Å². The number of carbonyl (C=O) groups excluding carboxylic acids is 2. The first-order valence-electron chi connectivity index (χ1n) is 20.6. The summed E-state index contributed by atoms with van der Waals surface area (Å²) in [7, 11) is 0. The average Bonchev–Trinajstić information content (AvgIpc) is 4.06. The second kappa shape index (κ2) is 17.6. The number of H-pyrrole nitrogens is 2. The van der Waals surface area contributed by atoms with Gasteiger partial charge in [0.25, 0.3) is 6.02 Å². The van der Waals surface area contributed by atoms with Crippen molar-refractivity contribution in [1.82, 2.24) is 35.1 Å². The summed E-state index contributed by atoms with van der Waals surface area (Å²) >= 11 is 0. The van der Waals surface area contributed by atoms with Gasteiger partial charge in [-0.05, 0) is 71.9 Å². The standard InChI is InChI=1S/C45H53N9O5/c1-27(2)38(51-44(46)59-33-10-6-5-7-11-33)42(55)53-22-8-12-36(53)40-47-24-34(49-40)31-18-14-29(15-19-31)30-16-20-32(21-17-30)35-25-48-41(50-35)37-13-9-23-54(37)43(56)39(28(3)4)52-45-57-26-58-45/h5-7,10-11,14-21,24-25,27-28,36-39,45,52H,8-9,12-13,22-23,26H2,1-4H3,(H2,46,51)(H,47,49)(H,48,50)/t36-,37-,38-,39-/m0/s1. The van der Waals surface area contributed by atoms with Crippen LogP contribution in [0, 0.1) is 11.8 Å². The molecule has 5 N–H and O–H groups in total. The van der Waals surface area contributed by atoms with Crippen LogP contribution in [0.4, 0.5) is 0 Å². The molecule has 14 heteroatoms. The lowest BCUT2D eigenvalue weighted by molar-refractivity contribution is -0.335. The molecule has 0 unspecified atom stereocenters. The molecule has 0 saturated carbocycles. The SMILES string of the molecule is CC(C)[C@H](N=C(N)Oc1ccccc1)C(=O)N1CCC[C@H]1c1ncc(-c2ccc(-c3ccc(-c4cnc([C@@H]5CCCN5C(=O)[C@@H](NC5OCO5)C(C)C)[nH]4)cc3)cc2)[nH]1. The fraction of sp³-hybridized carbons (Fsp3) is 0.400. The molecule has 0 bridgehead atoms. The van der Waals surface area contributed by atoms with Crippen molar-refractivity contribution in [1.29, 1.82) is 0 Å². The van der Waals surface area contributed by atoms with Gasteiger partial charge in [0.2, 0.25) is 18.2 Å². The highest BCUT2D eigenvalue weighted by Gasteiger charge is 2.39. The number of hydrogen-bond donors (Lipinski definition) is 4. The van der Waals surface area contributed by atoms with Crippen molar-refractivity contribution in [2.75, 3.05) is 19.9 Å². The number of para-hydroxylation sites is 1. The number of aromatic amines is 2. The Kier molecular flexibility index (Phi) is 11.9. The van der Waals surface area contributed by atoms with E-state index >= 15 is 0 Å². The van der Waals surface area contributed by atoms with E-state index in [2.05, 4.69) is 68.8 Å². The first kappa shape index (κ1) is 40.0. The van der Waals surface area contributed by atoms with E-state index in [0.717, 1.165) is 71.0 Å². The highest BCUT2D eigenvalue weighted by atomic mass is 16.9. The molecule has 3 saturated heterocycles. The van der Waals surface area contributed by atoms with Crippen molar-refractivity contribution in [3.63, 3.8) is 0 Å². The van der Waals surface area contributed by atoms with Gasteiger partial charge in [-0.3, -0.25) is 14.9 Å². The first-order valence-corrected chi connectivity index (χ1v) is 20.6. The summed E-state index contributed by atoms with van der Waals surface area (Å²) in [4.78, 5) is 52.4. The molecule has 3 fully saturated rings. The van der Waals surface area contributed by atoms with Gasteiger partial charge in [-0.1, -0.05) is 94.4 Å². The summed E-state index contributed by atoms with van der Waals surface area (Å²) in [6, 6.07) is 24.5. The number of imidazole rings is 2. The van der Waals surface area contributed by atoms with Crippen LogP contribution in [0.15, 0.2) is 96.2 Å². The Morgan fingerprint density at radius 3 is 1.73 bits per heavy atom. The smallest absolute Gasteiger partial charge is 0.288 e. The van der Waals surface area contributed by atoms with Gasteiger partial charge in [-0.25, -0.2) is 15.0 Å². The maximum Gasteiger partial charge on any atom is 0.288 e. The molecule has 0 spiro atoms. The number of benzene rings is 3. The number of nitrogens with zero attached hydrogens (tertiary/aromatic N) is 5. The molecule has 14 nitrogen and oxygen atoms in total. The summed E-state index contributed by atoms with van der Waals surface area (Å²) in [6.45, 7) is 9.52. The normalized spacial score (nSPS) is 19.7. The summed E-state index contributed by atoms with van der Waals surface area (Å²) in [5.74, 6) is 2.06. The predicted octanol–water partition coefficient (Wildman–Crippen LogP) is 6.78. The molecule has 0 aliphatic carbocycles. The van der Waals surface area contributed by atoms with Crippen LogP contribution in [0.2, 0.25) is 0 Å². The van der Waals surface area contributed by atoms with Gasteiger partial charge in [0.1, 0.15) is 23.4 Å². The summed E-state index contributed by atoms with van der Waals surface area (Å²) in [5, 5.41) is 3.20. The number of ether oxygens (including phenoxy) is 3. The topological polar surface area (TPSA) is 176 Å². The lowest BCUT2D eigenvalue weighted by atomic mass is 10.0. The molecule has 5 aromatic rings. The lowest BCUT2D eigenvalue weighted by Crippen LogP contribution is -2.56. The molecule has 5 heterocycles. The third-order valence-electron chi connectivity index (χ3n) is 11.4. The molecule has 3 aromatic carbocycles. The number of amides is 2. The van der Waals surface area contributed by atoms with E-state index < -0.39 is 18.5 Å². The monoisotopic (exact) mass is 799 g/mol. The van der Waals surface area contributed by atoms with Crippen LogP contribution in [0.3, 0.4) is 0 Å². The molecule has 2 amide bonds. The van der Waals surface area contributed by atoms with Crippen LogP contribution in [0.5, 0.6) is 5.75 Å². The van der Waals surface area contributed by atoms with Gasteiger partial charge in [-0.15, -0.1) is 0 Å². The number of aromatic nitrogens is 4. The third-order valence-corrected chi connectivity index (χ3v) is 11.4. The maximum atomic E-state index is 13.9. The van der Waals surface area contributed by atoms with E-state index in [-0.39, 0.29) is 48.5 Å². The van der Waals surface area contributed by atoms with Crippen LogP contribution in [-0.4, -0.2) is 86.0 Å². The van der Waals surface area contributed by atoms with Crippen LogP contribution in [0.25, 0.3) is 33.6 Å². The Balaban J connectivity index is 0.904. The molecule has 4 atom stereocenters. The van der Waals surface area contributed by atoms with E-state index in [1.807, 2.05) is 68.1 Å². The third kappa shape index (κ3) is 8.80. The van der Waals surface area contributed by atoms with Crippen molar-refractivity contribution in [3.8, 4) is 39.4 Å². The Morgan fingerprint density at radius 1 is 0.746 bits per heavy atom. The second-order valence-electron chi connectivity index (χ2n) is 16.1. The Bertz CT molecular complexity index is 2230. The van der Waals surface area contributed by atoms with Crippen LogP contribution < -0.4 is 15.8 Å². The van der Waals surface area contributed by atoms with Crippen molar-refractivity contribution in [2.45, 2.75) is 84.0 Å². The summed E-state index contributed by atoms with van der Waals surface area (Å²) < 4.78 is 16.4. The fourth-order valence-corrected chi connectivity index (χ4v) is 8.16. The van der Waals surface area contributed by atoms with Gasteiger partial charge in [0.05, 0.1) is 41.9 Å². The number of amidine groups is 1. The Labute approximate surface area is 344 Å². The number of hydrogen-bond acceptors (Lipinski definition) is 9. The molecule has 8 rings (SSSR count). The quantitative estimate of drug-likeness (QED) is 0.0739. The largest absolute Gasteiger partial charge is 0.426 e. The summed E-state index contributed by atoms with van der Waals surface area (Å²) in [5.41, 5.74) is 12.1. The zero-order valence-corrected chi connectivity index (χ0v) is 34.0. The van der Waals surface area contributed by atoms with Gasteiger partial charge in [0.15, 0.2) is 6.79 Å². The van der Waals surface area contributed by atoms with Crippen molar-refractivity contribution in [2.24, 2.45) is 22.6 Å². The van der Waals surface area contributed by atoms with Crippen LogP contribution >= 0.6 is 0 Å². The minimum absolute atomic E-state index is 0.0347. The number of carbonyl (C=O) groups is 2. The first-order chi connectivity index (χ1) is 28.6. The van der Waals surface area contributed by atoms with E-state index in [0.29, 0.717) is 18.8 Å². The van der Waals surface area contributed by atoms with E-state index in [4.69, 9.17) is 29.9 Å². The number of rotatable bonds is 13. The molecule has 2 aromatic heterocycles. The molecule has 3 aliphatic rings.